The minimum absolute atomic E-state index is 0.0397. The van der Waals surface area contributed by atoms with Crippen molar-refractivity contribution in [1.29, 1.82) is 0 Å². The Morgan fingerprint density at radius 1 is 1.38 bits per heavy atom. The van der Waals surface area contributed by atoms with Gasteiger partial charge in [-0.2, -0.15) is 4.31 Å². The molecule has 1 atom stereocenters. The molecule has 1 fully saturated rings. The predicted molar refractivity (Wildman–Crippen MR) is 113 cm³/mol. The molecule has 0 spiro atoms. The van der Waals surface area contributed by atoms with E-state index in [1.165, 1.54) is 27.4 Å². The van der Waals surface area contributed by atoms with Crippen molar-refractivity contribution in [2.24, 2.45) is 0 Å². The molecule has 1 saturated heterocycles. The monoisotopic (exact) mass is 470 g/mol. The summed E-state index contributed by atoms with van der Waals surface area (Å²) in [7, 11) is -3.88. The number of carbonyl (C=O) groups is 1. The topological polar surface area (TPSA) is 105 Å². The summed E-state index contributed by atoms with van der Waals surface area (Å²) >= 11 is 4.53. The molecular formula is C17H18N4O4S4. The van der Waals surface area contributed by atoms with E-state index in [2.05, 4.69) is 15.5 Å². The number of amides is 1. The highest BCUT2D eigenvalue weighted by Gasteiger charge is 2.42. The van der Waals surface area contributed by atoms with Crippen LogP contribution in [0.3, 0.4) is 0 Å². The Labute approximate surface area is 180 Å². The largest absolute Gasteiger partial charge is 0.360 e. The number of hydrogen-bond donors (Lipinski definition) is 1. The van der Waals surface area contributed by atoms with Gasteiger partial charge in [0.2, 0.25) is 15.9 Å². The number of aromatic nitrogens is 2. The normalized spacial score (nSPS) is 17.7. The van der Waals surface area contributed by atoms with E-state index in [4.69, 9.17) is 4.52 Å². The Bertz CT molecular complexity index is 1100. The van der Waals surface area contributed by atoms with Crippen LogP contribution in [0.15, 0.2) is 32.3 Å². The molecule has 29 heavy (non-hydrogen) atoms. The van der Waals surface area contributed by atoms with Gasteiger partial charge in [0.05, 0.1) is 23.0 Å². The van der Waals surface area contributed by atoms with Crippen LogP contribution in [0, 0.1) is 13.8 Å². The highest BCUT2D eigenvalue weighted by atomic mass is 32.2. The van der Waals surface area contributed by atoms with E-state index >= 15 is 0 Å². The van der Waals surface area contributed by atoms with Crippen molar-refractivity contribution in [3.05, 3.63) is 40.0 Å². The second kappa shape index (κ2) is 8.19. The molecule has 0 saturated carbocycles. The van der Waals surface area contributed by atoms with Crippen molar-refractivity contribution >= 4 is 50.4 Å². The number of sulfonamides is 1. The molecule has 12 heteroatoms. The molecule has 1 N–H and O–H groups in total. The third-order valence-corrected chi connectivity index (χ3v) is 9.61. The number of carbonyl (C=O) groups excluding carboxylic acids is 1. The highest BCUT2D eigenvalue weighted by molar-refractivity contribution is 8.00. The van der Waals surface area contributed by atoms with E-state index in [1.54, 1.807) is 25.2 Å². The Hall–Kier alpha value is -1.73. The molecule has 1 amide bonds. The van der Waals surface area contributed by atoms with Crippen molar-refractivity contribution in [2.45, 2.75) is 31.3 Å². The maximum atomic E-state index is 13.1. The van der Waals surface area contributed by atoms with Gasteiger partial charge in [0.1, 0.15) is 21.6 Å². The standard InChI is InChI=1S/C17H18N4O4S4/c1-10-15(11(2)25-20-10)29(23,24)21-9-26-8-13(21)16(22)18-6-12-7-28-17(19-12)14-4-3-5-27-14/h3-5,7,13H,6,8-9H2,1-2H3,(H,18,22)/t13-/m1/s1. The Morgan fingerprint density at radius 3 is 2.90 bits per heavy atom. The average molecular weight is 471 g/mol. The van der Waals surface area contributed by atoms with Gasteiger partial charge < -0.3 is 9.84 Å². The molecular weight excluding hydrogens is 452 g/mol. The lowest BCUT2D eigenvalue weighted by Gasteiger charge is -2.22. The molecule has 0 aliphatic carbocycles. The third kappa shape index (κ3) is 3.99. The molecule has 0 radical (unpaired) electrons. The number of hydrogen-bond acceptors (Lipinski definition) is 9. The van der Waals surface area contributed by atoms with Crippen LogP contribution in [0.1, 0.15) is 17.1 Å². The smallest absolute Gasteiger partial charge is 0.249 e. The van der Waals surface area contributed by atoms with Gasteiger partial charge in [0.25, 0.3) is 0 Å². The third-order valence-electron chi connectivity index (χ3n) is 4.41. The molecule has 0 unspecified atom stereocenters. The van der Waals surface area contributed by atoms with Crippen molar-refractivity contribution in [3.8, 4) is 9.88 Å². The average Bonchev–Trinajstić information content (AvgIpc) is 3.46. The van der Waals surface area contributed by atoms with E-state index in [1.807, 2.05) is 22.9 Å². The first kappa shape index (κ1) is 20.5. The van der Waals surface area contributed by atoms with Crippen molar-refractivity contribution in [1.82, 2.24) is 19.8 Å². The number of thioether (sulfide) groups is 1. The Morgan fingerprint density at radius 2 is 2.21 bits per heavy atom. The van der Waals surface area contributed by atoms with E-state index in [9.17, 15) is 13.2 Å². The van der Waals surface area contributed by atoms with Crippen LogP contribution < -0.4 is 5.32 Å². The lowest BCUT2D eigenvalue weighted by Crippen LogP contribution is -2.47. The van der Waals surface area contributed by atoms with E-state index in [0.717, 1.165) is 15.6 Å². The molecule has 4 rings (SSSR count). The second-order valence-electron chi connectivity index (χ2n) is 6.40. The van der Waals surface area contributed by atoms with Crippen molar-refractivity contribution < 1.29 is 17.7 Å². The van der Waals surface area contributed by atoms with Gasteiger partial charge in [-0.25, -0.2) is 13.4 Å². The van der Waals surface area contributed by atoms with Gasteiger partial charge in [-0.1, -0.05) is 11.2 Å². The van der Waals surface area contributed by atoms with Crippen LogP contribution in [-0.4, -0.2) is 46.4 Å². The summed E-state index contributed by atoms with van der Waals surface area (Å²) in [6.07, 6.45) is 0. The first-order chi connectivity index (χ1) is 13.9. The van der Waals surface area contributed by atoms with Crippen LogP contribution in [0.5, 0.6) is 0 Å². The van der Waals surface area contributed by atoms with E-state index < -0.39 is 16.1 Å². The fourth-order valence-electron chi connectivity index (χ4n) is 3.03. The van der Waals surface area contributed by atoms with Gasteiger partial charge >= 0.3 is 0 Å². The quantitative estimate of drug-likeness (QED) is 0.590. The van der Waals surface area contributed by atoms with Crippen LogP contribution in [-0.2, 0) is 21.4 Å². The van der Waals surface area contributed by atoms with Crippen molar-refractivity contribution in [3.63, 3.8) is 0 Å². The molecule has 154 valence electrons. The van der Waals surface area contributed by atoms with Gasteiger partial charge in [0, 0.05) is 11.1 Å². The van der Waals surface area contributed by atoms with Gasteiger partial charge in [-0.3, -0.25) is 4.79 Å². The molecule has 3 aromatic rings. The van der Waals surface area contributed by atoms with E-state index in [-0.39, 0.29) is 29.0 Å². The minimum atomic E-state index is -3.88. The number of rotatable bonds is 6. The summed E-state index contributed by atoms with van der Waals surface area (Å²) < 4.78 is 32.4. The molecule has 8 nitrogen and oxygen atoms in total. The van der Waals surface area contributed by atoms with Gasteiger partial charge in [-0.05, 0) is 25.3 Å². The van der Waals surface area contributed by atoms with E-state index in [0.29, 0.717) is 11.4 Å². The highest BCUT2D eigenvalue weighted by Crippen LogP contribution is 2.31. The summed E-state index contributed by atoms with van der Waals surface area (Å²) in [5, 5.41) is 11.4. The van der Waals surface area contributed by atoms with Crippen molar-refractivity contribution in [2.75, 3.05) is 11.6 Å². The molecule has 4 heterocycles. The summed E-state index contributed by atoms with van der Waals surface area (Å²) in [4.78, 5) is 18.4. The lowest BCUT2D eigenvalue weighted by atomic mass is 10.3. The Balaban J connectivity index is 1.46. The maximum absolute atomic E-state index is 13.1. The summed E-state index contributed by atoms with van der Waals surface area (Å²) in [5.41, 5.74) is 1.04. The fraction of sp³-hybridized carbons (Fsp3) is 0.353. The summed E-state index contributed by atoms with van der Waals surface area (Å²) in [5.74, 6) is 0.494. The molecule has 1 aliphatic heterocycles. The van der Waals surface area contributed by atoms with Crippen LogP contribution in [0.2, 0.25) is 0 Å². The maximum Gasteiger partial charge on any atom is 0.249 e. The number of nitrogens with zero attached hydrogens (tertiary/aromatic N) is 3. The SMILES string of the molecule is Cc1noc(C)c1S(=O)(=O)N1CSC[C@@H]1C(=O)NCc1csc(-c2cccs2)n1. The first-order valence-electron chi connectivity index (χ1n) is 8.66. The number of thiazole rings is 1. The molecule has 1 aliphatic rings. The summed E-state index contributed by atoms with van der Waals surface area (Å²) in [6.45, 7) is 3.38. The van der Waals surface area contributed by atoms with Crippen LogP contribution in [0.25, 0.3) is 9.88 Å². The zero-order chi connectivity index (χ0) is 20.6. The number of aryl methyl sites for hydroxylation is 2. The zero-order valence-electron chi connectivity index (χ0n) is 15.6. The Kier molecular flexibility index (Phi) is 5.80. The molecule has 3 aromatic heterocycles. The zero-order valence-corrected chi connectivity index (χ0v) is 18.9. The molecule has 0 aromatic carbocycles. The fourth-order valence-corrected chi connectivity index (χ4v) is 8.11. The summed E-state index contributed by atoms with van der Waals surface area (Å²) in [6, 6.07) is 3.18. The van der Waals surface area contributed by atoms with Crippen LogP contribution in [0.4, 0.5) is 0 Å². The van der Waals surface area contributed by atoms with Gasteiger partial charge in [-0.15, -0.1) is 34.4 Å². The lowest BCUT2D eigenvalue weighted by molar-refractivity contribution is -0.124. The minimum Gasteiger partial charge on any atom is -0.360 e. The number of nitrogens with one attached hydrogen (secondary N) is 1. The first-order valence-corrected chi connectivity index (χ1v) is 13.0. The van der Waals surface area contributed by atoms with Gasteiger partial charge in [0.15, 0.2) is 5.76 Å². The second-order valence-corrected chi connectivity index (χ2v) is 11.0. The molecule has 0 bridgehead atoms. The van der Waals surface area contributed by atoms with Crippen LogP contribution >= 0.6 is 34.4 Å². The predicted octanol–water partition coefficient (Wildman–Crippen LogP) is 2.86. The number of thiophene rings is 1.